The van der Waals surface area contributed by atoms with Crippen molar-refractivity contribution in [3.05, 3.63) is 76.9 Å². The van der Waals surface area contributed by atoms with Gasteiger partial charge in [0.2, 0.25) is 12.4 Å². The average molecular weight is 685 g/mol. The Morgan fingerprint density at radius 2 is 1.51 bits per heavy atom. The summed E-state index contributed by atoms with van der Waals surface area (Å²) in [7, 11) is 1.27. The van der Waals surface area contributed by atoms with Crippen LogP contribution < -0.4 is 4.74 Å². The lowest BCUT2D eigenvalue weighted by Crippen LogP contribution is -2.61. The Kier molecular flexibility index (Phi) is 11.3. The summed E-state index contributed by atoms with van der Waals surface area (Å²) < 4.78 is 20.5. The first-order valence-electron chi connectivity index (χ1n) is 14.3. The number of rotatable bonds is 11. The Bertz CT molecular complexity index is 1770. The smallest absolute Gasteiger partial charge is 0.350 e. The van der Waals surface area contributed by atoms with Crippen LogP contribution in [0.5, 0.6) is 34.5 Å². The van der Waals surface area contributed by atoms with Gasteiger partial charge in [0.25, 0.3) is 0 Å². The van der Waals surface area contributed by atoms with Crippen LogP contribution in [0.25, 0.3) is 18.2 Å². The summed E-state index contributed by atoms with van der Waals surface area (Å²) in [5.74, 6) is -6.24. The largest absolute Gasteiger partial charge is 0.504 e. The molecule has 49 heavy (non-hydrogen) atoms. The number of benzene rings is 3. The first kappa shape index (κ1) is 36.0. The summed E-state index contributed by atoms with van der Waals surface area (Å²) in [6.07, 6.45) is -7.75. The highest BCUT2D eigenvalue weighted by atomic mass is 16.7. The van der Waals surface area contributed by atoms with Crippen molar-refractivity contribution in [1.29, 1.82) is 0 Å². The molecule has 9 N–H and O–H groups in total. The fourth-order valence-electron chi connectivity index (χ4n) is 4.67. The number of carboxylic acids is 1. The Morgan fingerprint density at radius 1 is 0.816 bits per heavy atom. The molecule has 0 radical (unpaired) electrons. The first-order valence-corrected chi connectivity index (χ1v) is 14.3. The Balaban J connectivity index is 1.59. The van der Waals surface area contributed by atoms with Crippen LogP contribution in [0.2, 0.25) is 0 Å². The van der Waals surface area contributed by atoms with Gasteiger partial charge in [0.05, 0.1) is 7.11 Å². The van der Waals surface area contributed by atoms with Gasteiger partial charge in [-0.2, -0.15) is 0 Å². The molecule has 0 bridgehead atoms. The number of ether oxygens (including phenoxy) is 4. The fraction of sp³-hybridized carbons (Fsp3) is 0.242. The minimum Gasteiger partial charge on any atom is -0.504 e. The zero-order valence-corrected chi connectivity index (χ0v) is 25.5. The van der Waals surface area contributed by atoms with Gasteiger partial charge >= 0.3 is 17.9 Å². The van der Waals surface area contributed by atoms with Crippen molar-refractivity contribution in [2.45, 2.75) is 43.2 Å². The van der Waals surface area contributed by atoms with E-state index in [2.05, 4.69) is 0 Å². The molecule has 0 amide bonds. The Morgan fingerprint density at radius 3 is 2.18 bits per heavy atom. The number of phenols is 5. The maximum Gasteiger partial charge on any atom is 0.350 e. The standard InChI is InChI=1S/C33H32O16/c1-46-23-13-16(4-9-20(23)35)14-24(32(45)49-33-29(42)27(40)28(41)30(48-33)31(43)44)47-25(38)11-6-17-5-10-21(36)26(39)18(17)7-2-15-3-8-19(34)22(37)12-15/h2-13,24,27-30,33-37,39-42H,14H2,1H3,(H,43,44)/b7-2+,11-6-/t24?,27-,28-,29+,30-,33+/m0/s1. The van der Waals surface area contributed by atoms with E-state index in [4.69, 9.17) is 18.9 Å². The molecule has 1 fully saturated rings. The van der Waals surface area contributed by atoms with Crippen LogP contribution in [-0.4, -0.2) is 108 Å². The molecule has 3 aromatic rings. The van der Waals surface area contributed by atoms with Crippen molar-refractivity contribution >= 4 is 36.1 Å². The molecule has 4 rings (SSSR count). The topological polar surface area (TPSA) is 270 Å². The molecule has 3 aromatic carbocycles. The van der Waals surface area contributed by atoms with Gasteiger partial charge < -0.3 is 64.9 Å². The predicted octanol–water partition coefficient (Wildman–Crippen LogP) is 0.997. The van der Waals surface area contributed by atoms with Crippen LogP contribution in [0.15, 0.2) is 54.6 Å². The number of methoxy groups -OCH3 is 1. The van der Waals surface area contributed by atoms with Crippen molar-refractivity contribution in [2.75, 3.05) is 7.11 Å². The molecular weight excluding hydrogens is 652 g/mol. The monoisotopic (exact) mass is 684 g/mol. The van der Waals surface area contributed by atoms with E-state index in [1.165, 1.54) is 67.8 Å². The number of hydrogen-bond acceptors (Lipinski definition) is 15. The van der Waals surface area contributed by atoms with Crippen molar-refractivity contribution in [1.82, 2.24) is 0 Å². The molecular formula is C33H32O16. The summed E-state index contributed by atoms with van der Waals surface area (Å²) in [5.41, 5.74) is 0.901. The number of carbonyl (C=O) groups excluding carboxylic acids is 2. The minimum atomic E-state index is -2.09. The molecule has 6 atom stereocenters. The van der Waals surface area contributed by atoms with Crippen LogP contribution in [-0.2, 0) is 35.0 Å². The Hall–Kier alpha value is -5.81. The average Bonchev–Trinajstić information content (AvgIpc) is 3.06. The van der Waals surface area contributed by atoms with Gasteiger partial charge in [0.15, 0.2) is 40.6 Å². The molecule has 0 saturated carbocycles. The zero-order valence-electron chi connectivity index (χ0n) is 25.5. The van der Waals surface area contributed by atoms with Crippen LogP contribution in [0.4, 0.5) is 0 Å². The summed E-state index contributed by atoms with van der Waals surface area (Å²) in [5, 5.41) is 89.4. The quantitative estimate of drug-likeness (QED) is 0.0590. The molecule has 1 saturated heterocycles. The van der Waals surface area contributed by atoms with Crippen molar-refractivity contribution in [2.24, 2.45) is 0 Å². The van der Waals surface area contributed by atoms with E-state index >= 15 is 0 Å². The number of aliphatic hydroxyl groups is 3. The second-order valence-corrected chi connectivity index (χ2v) is 10.7. The lowest BCUT2D eigenvalue weighted by Gasteiger charge is -2.38. The van der Waals surface area contributed by atoms with Gasteiger partial charge in [-0.25, -0.2) is 14.4 Å². The first-order chi connectivity index (χ1) is 23.2. The van der Waals surface area contributed by atoms with Gasteiger partial charge in [-0.15, -0.1) is 0 Å². The molecule has 0 aromatic heterocycles. The van der Waals surface area contributed by atoms with Gasteiger partial charge in [-0.3, -0.25) is 0 Å². The summed E-state index contributed by atoms with van der Waals surface area (Å²) in [6, 6.07) is 10.4. The van der Waals surface area contributed by atoms with Crippen molar-refractivity contribution in [3.8, 4) is 34.5 Å². The second-order valence-electron chi connectivity index (χ2n) is 10.7. The molecule has 1 aliphatic heterocycles. The molecule has 0 spiro atoms. The second kappa shape index (κ2) is 15.4. The highest BCUT2D eigenvalue weighted by Gasteiger charge is 2.49. The van der Waals surface area contributed by atoms with E-state index in [1.54, 1.807) is 0 Å². The van der Waals surface area contributed by atoms with E-state index in [9.17, 15) is 60.3 Å². The third kappa shape index (κ3) is 8.57. The molecule has 260 valence electrons. The number of aliphatic carboxylic acids is 1. The number of hydrogen-bond donors (Lipinski definition) is 9. The van der Waals surface area contributed by atoms with Gasteiger partial charge in [0.1, 0.15) is 18.3 Å². The number of carboxylic acid groups (broad SMARTS) is 1. The number of aliphatic hydroxyl groups excluding tert-OH is 3. The summed E-state index contributed by atoms with van der Waals surface area (Å²) >= 11 is 0. The van der Waals surface area contributed by atoms with Gasteiger partial charge in [-0.05, 0) is 59.2 Å². The van der Waals surface area contributed by atoms with E-state index < -0.39 is 78.4 Å². The van der Waals surface area contributed by atoms with Crippen molar-refractivity contribution in [3.63, 3.8) is 0 Å². The van der Waals surface area contributed by atoms with Crippen LogP contribution in [0, 0.1) is 0 Å². The van der Waals surface area contributed by atoms with E-state index in [1.807, 2.05) is 0 Å². The van der Waals surface area contributed by atoms with E-state index in [0.29, 0.717) is 5.56 Å². The van der Waals surface area contributed by atoms with Crippen molar-refractivity contribution < 1.29 is 79.3 Å². The van der Waals surface area contributed by atoms with Crippen LogP contribution in [0.3, 0.4) is 0 Å². The molecule has 0 aliphatic carbocycles. The fourth-order valence-corrected chi connectivity index (χ4v) is 4.67. The molecule has 16 nitrogen and oxygen atoms in total. The van der Waals surface area contributed by atoms with Crippen LogP contribution >= 0.6 is 0 Å². The molecule has 16 heteroatoms. The normalized spacial score (nSPS) is 21.3. The third-order valence-corrected chi connectivity index (χ3v) is 7.30. The van der Waals surface area contributed by atoms with Crippen LogP contribution in [0.1, 0.15) is 22.3 Å². The maximum atomic E-state index is 13.3. The lowest BCUT2D eigenvalue weighted by molar-refractivity contribution is -0.288. The van der Waals surface area contributed by atoms with E-state index in [-0.39, 0.29) is 33.9 Å². The third-order valence-electron chi connectivity index (χ3n) is 7.30. The van der Waals surface area contributed by atoms with Gasteiger partial charge in [-0.1, -0.05) is 24.3 Å². The van der Waals surface area contributed by atoms with E-state index in [0.717, 1.165) is 12.1 Å². The number of esters is 2. The lowest BCUT2D eigenvalue weighted by atomic mass is 9.99. The van der Waals surface area contributed by atoms with Gasteiger partial charge in [0, 0.05) is 18.1 Å². The highest BCUT2D eigenvalue weighted by molar-refractivity contribution is 5.91. The number of phenolic OH excluding ortho intramolecular Hbond substituents is 5. The summed E-state index contributed by atoms with van der Waals surface area (Å²) in [6.45, 7) is 0. The molecule has 1 unspecified atom stereocenters. The summed E-state index contributed by atoms with van der Waals surface area (Å²) in [4.78, 5) is 37.7. The number of carbonyl (C=O) groups is 3. The zero-order chi connectivity index (χ0) is 36.0. The maximum absolute atomic E-state index is 13.3. The Labute approximate surface area is 277 Å². The predicted molar refractivity (Wildman–Crippen MR) is 166 cm³/mol. The molecule has 1 heterocycles. The highest BCUT2D eigenvalue weighted by Crippen LogP contribution is 2.34. The number of aromatic hydroxyl groups is 5. The SMILES string of the molecule is COc1cc(CC(OC(=O)/C=C\c2ccc(O)c(O)c2/C=C/c2ccc(O)c(O)c2)C(=O)O[C@H]2O[C@H](C(=O)O)[C@@H](O)[C@H](O)[C@H]2O)ccc1O. The molecule has 1 aliphatic rings. The minimum absolute atomic E-state index is 0.0125.